The highest BCUT2D eigenvalue weighted by Crippen LogP contribution is 2.60. The number of alkyl halides is 1. The Hall–Kier alpha value is -0.960. The van der Waals surface area contributed by atoms with E-state index < -0.39 is 5.85 Å². The average Bonchev–Trinajstić information content (AvgIpc) is 2.73. The van der Waals surface area contributed by atoms with E-state index in [-0.39, 0.29) is 11.8 Å². The first-order chi connectivity index (χ1) is 9.91. The summed E-state index contributed by atoms with van der Waals surface area (Å²) in [6.07, 6.45) is 9.12. The number of carbonyl (C=O) groups excluding carboxylic acids is 1. The quantitative estimate of drug-likeness (QED) is 0.738. The van der Waals surface area contributed by atoms with Crippen molar-refractivity contribution in [2.75, 3.05) is 0 Å². The van der Waals surface area contributed by atoms with Crippen LogP contribution in [0, 0.1) is 23.2 Å². The fourth-order valence-corrected chi connectivity index (χ4v) is 5.57. The van der Waals surface area contributed by atoms with Crippen LogP contribution in [0.3, 0.4) is 0 Å². The SMILES string of the molecule is C[C@]12CC[C@@H]3C4=CCC(O)(F)C=C4CC[C@H]3[C@@H]1CCC2=O. The molecule has 114 valence electrons. The van der Waals surface area contributed by atoms with E-state index in [1.54, 1.807) is 0 Å². The zero-order valence-electron chi connectivity index (χ0n) is 12.6. The Kier molecular flexibility index (Phi) is 2.79. The van der Waals surface area contributed by atoms with Crippen LogP contribution in [0.5, 0.6) is 0 Å². The van der Waals surface area contributed by atoms with Crippen LogP contribution in [0.25, 0.3) is 0 Å². The molecule has 2 nitrogen and oxygen atoms in total. The molecule has 0 spiro atoms. The first-order valence-electron chi connectivity index (χ1n) is 8.27. The van der Waals surface area contributed by atoms with Crippen molar-refractivity contribution < 1.29 is 14.3 Å². The summed E-state index contributed by atoms with van der Waals surface area (Å²) in [7, 11) is 0. The van der Waals surface area contributed by atoms with Gasteiger partial charge in [-0.1, -0.05) is 13.0 Å². The lowest BCUT2D eigenvalue weighted by Gasteiger charge is -2.50. The van der Waals surface area contributed by atoms with Gasteiger partial charge in [-0.3, -0.25) is 4.79 Å². The molecule has 0 saturated heterocycles. The summed E-state index contributed by atoms with van der Waals surface area (Å²) >= 11 is 0. The largest absolute Gasteiger partial charge is 0.358 e. The molecule has 0 radical (unpaired) electrons. The number of hydrogen-bond donors (Lipinski definition) is 1. The number of allylic oxidation sites excluding steroid dienone is 2. The fraction of sp³-hybridized carbons (Fsp3) is 0.722. The van der Waals surface area contributed by atoms with Crippen LogP contribution in [0.15, 0.2) is 23.3 Å². The summed E-state index contributed by atoms with van der Waals surface area (Å²) < 4.78 is 13.8. The second kappa shape index (κ2) is 4.28. The van der Waals surface area contributed by atoms with Gasteiger partial charge in [0.05, 0.1) is 0 Å². The number of halogens is 1. The van der Waals surface area contributed by atoms with Crippen molar-refractivity contribution in [3.8, 4) is 0 Å². The number of ketones is 1. The first-order valence-corrected chi connectivity index (χ1v) is 8.27. The van der Waals surface area contributed by atoms with Crippen molar-refractivity contribution >= 4 is 5.78 Å². The second-order valence-corrected chi connectivity index (χ2v) is 7.69. The van der Waals surface area contributed by atoms with E-state index in [4.69, 9.17) is 0 Å². The van der Waals surface area contributed by atoms with Crippen LogP contribution in [-0.2, 0) is 4.79 Å². The number of hydrogen-bond acceptors (Lipinski definition) is 2. The zero-order chi connectivity index (χ0) is 14.8. The Morgan fingerprint density at radius 1 is 1.29 bits per heavy atom. The van der Waals surface area contributed by atoms with E-state index in [9.17, 15) is 14.3 Å². The minimum absolute atomic E-state index is 0.0793. The van der Waals surface area contributed by atoms with E-state index >= 15 is 0 Å². The van der Waals surface area contributed by atoms with Gasteiger partial charge < -0.3 is 5.11 Å². The average molecular weight is 290 g/mol. The van der Waals surface area contributed by atoms with Crippen molar-refractivity contribution in [1.29, 1.82) is 0 Å². The third-order valence-corrected chi connectivity index (χ3v) is 6.67. The lowest BCUT2D eigenvalue weighted by atomic mass is 9.54. The van der Waals surface area contributed by atoms with Gasteiger partial charge in [-0.25, -0.2) is 4.39 Å². The maximum atomic E-state index is 13.8. The molecule has 0 aliphatic heterocycles. The lowest BCUT2D eigenvalue weighted by molar-refractivity contribution is -0.129. The van der Waals surface area contributed by atoms with Gasteiger partial charge in [-0.05, 0) is 67.1 Å². The topological polar surface area (TPSA) is 37.3 Å². The number of fused-ring (bicyclic) bond motifs is 5. The Bertz CT molecular complexity index is 560. The van der Waals surface area contributed by atoms with Crippen LogP contribution in [0.2, 0.25) is 0 Å². The van der Waals surface area contributed by atoms with E-state index in [0.717, 1.165) is 44.1 Å². The molecule has 3 heteroatoms. The summed E-state index contributed by atoms with van der Waals surface area (Å²) in [5, 5.41) is 9.60. The molecular weight excluding hydrogens is 267 g/mol. The van der Waals surface area contributed by atoms with Crippen LogP contribution in [0.1, 0.15) is 51.9 Å². The molecule has 1 N–H and O–H groups in total. The standard InChI is InChI=1S/C18H23FO2/c1-17-8-6-13-12-7-9-18(19,21)10-11(12)2-3-14(13)15(17)4-5-16(17)20/h7,10,13-15,21H,2-6,8-9H2,1H3/t13-,14-,15+,17+,18?/m1/s1. The molecule has 21 heavy (non-hydrogen) atoms. The Morgan fingerprint density at radius 3 is 2.90 bits per heavy atom. The van der Waals surface area contributed by atoms with Gasteiger partial charge >= 0.3 is 0 Å². The molecule has 0 aromatic rings. The predicted molar refractivity (Wildman–Crippen MR) is 78.1 cm³/mol. The Balaban J connectivity index is 1.66. The molecule has 0 amide bonds. The molecule has 0 bridgehead atoms. The Labute approximate surface area is 125 Å². The van der Waals surface area contributed by atoms with Crippen molar-refractivity contribution in [3.63, 3.8) is 0 Å². The monoisotopic (exact) mass is 290 g/mol. The minimum atomic E-state index is -2.15. The second-order valence-electron chi connectivity index (χ2n) is 7.69. The number of Topliss-reactive ketones (excluding diaryl/α,β-unsaturated/α-hetero) is 1. The number of rotatable bonds is 0. The van der Waals surface area contributed by atoms with Crippen molar-refractivity contribution in [2.24, 2.45) is 23.2 Å². The summed E-state index contributed by atoms with van der Waals surface area (Å²) in [6.45, 7) is 2.17. The predicted octanol–water partition coefficient (Wildman–Crippen LogP) is 3.71. The van der Waals surface area contributed by atoms with Gasteiger partial charge in [-0.2, -0.15) is 0 Å². The highest BCUT2D eigenvalue weighted by molar-refractivity contribution is 5.87. The zero-order valence-corrected chi connectivity index (χ0v) is 12.6. The van der Waals surface area contributed by atoms with Crippen LogP contribution >= 0.6 is 0 Å². The van der Waals surface area contributed by atoms with E-state index in [1.165, 1.54) is 11.6 Å². The van der Waals surface area contributed by atoms with Gasteiger partial charge in [-0.15, -0.1) is 0 Å². The van der Waals surface area contributed by atoms with Gasteiger partial charge in [0.15, 0.2) is 0 Å². The highest BCUT2D eigenvalue weighted by atomic mass is 19.2. The van der Waals surface area contributed by atoms with Gasteiger partial charge in [0.25, 0.3) is 0 Å². The smallest absolute Gasteiger partial charge is 0.230 e. The van der Waals surface area contributed by atoms with Gasteiger partial charge in [0.2, 0.25) is 5.85 Å². The molecule has 0 heterocycles. The molecule has 4 aliphatic carbocycles. The minimum Gasteiger partial charge on any atom is -0.358 e. The van der Waals surface area contributed by atoms with Crippen LogP contribution in [-0.4, -0.2) is 16.7 Å². The molecule has 4 aliphatic rings. The molecule has 3 saturated carbocycles. The number of aliphatic hydroxyl groups is 1. The van der Waals surface area contributed by atoms with E-state index in [2.05, 4.69) is 6.92 Å². The van der Waals surface area contributed by atoms with E-state index in [1.807, 2.05) is 6.08 Å². The van der Waals surface area contributed by atoms with Crippen LogP contribution in [0.4, 0.5) is 4.39 Å². The summed E-state index contributed by atoms with van der Waals surface area (Å²) in [4.78, 5) is 12.3. The Morgan fingerprint density at radius 2 is 2.10 bits per heavy atom. The van der Waals surface area contributed by atoms with Gasteiger partial charge in [0.1, 0.15) is 5.78 Å². The fourth-order valence-electron chi connectivity index (χ4n) is 5.57. The van der Waals surface area contributed by atoms with Crippen molar-refractivity contribution in [1.82, 2.24) is 0 Å². The molecule has 0 aromatic carbocycles. The molecule has 4 rings (SSSR count). The normalized spacial score (nSPS) is 48.9. The summed E-state index contributed by atoms with van der Waals surface area (Å²) in [5.74, 6) is -0.132. The van der Waals surface area contributed by atoms with Gasteiger partial charge in [0, 0.05) is 18.3 Å². The van der Waals surface area contributed by atoms with Crippen molar-refractivity contribution in [2.45, 2.75) is 57.7 Å². The lowest BCUT2D eigenvalue weighted by Crippen LogP contribution is -2.44. The first kappa shape index (κ1) is 13.7. The summed E-state index contributed by atoms with van der Waals surface area (Å²) in [5.41, 5.74) is 2.19. The van der Waals surface area contributed by atoms with E-state index in [0.29, 0.717) is 23.5 Å². The number of carbonyl (C=O) groups is 1. The molecule has 1 unspecified atom stereocenters. The van der Waals surface area contributed by atoms with Crippen molar-refractivity contribution in [3.05, 3.63) is 23.3 Å². The summed E-state index contributed by atoms with van der Waals surface area (Å²) in [6, 6.07) is 0. The molecular formula is C18H23FO2. The molecule has 3 fully saturated rings. The highest BCUT2D eigenvalue weighted by Gasteiger charge is 2.55. The molecule has 5 atom stereocenters. The third-order valence-electron chi connectivity index (χ3n) is 6.67. The third kappa shape index (κ3) is 1.89. The molecule has 0 aromatic heterocycles. The van der Waals surface area contributed by atoms with Crippen LogP contribution < -0.4 is 0 Å². The maximum Gasteiger partial charge on any atom is 0.230 e. The maximum absolute atomic E-state index is 13.8.